The van der Waals surface area contributed by atoms with Crippen LogP contribution in [0.3, 0.4) is 0 Å². The van der Waals surface area contributed by atoms with Crippen molar-refractivity contribution in [2.45, 2.75) is 46.2 Å². The van der Waals surface area contributed by atoms with Gasteiger partial charge in [-0.05, 0) is 57.1 Å². The fourth-order valence-electron chi connectivity index (χ4n) is 2.72. The van der Waals surface area contributed by atoms with E-state index in [2.05, 4.69) is 51.4 Å². The number of methoxy groups -OCH3 is 1. The molecule has 3 N–H and O–H groups in total. The van der Waals surface area contributed by atoms with E-state index in [0.29, 0.717) is 18.3 Å². The van der Waals surface area contributed by atoms with Gasteiger partial charge in [-0.2, -0.15) is 0 Å². The maximum absolute atomic E-state index is 11.2. The minimum absolute atomic E-state index is 0.360. The van der Waals surface area contributed by atoms with Gasteiger partial charge in [-0.15, -0.1) is 0 Å². The van der Waals surface area contributed by atoms with Gasteiger partial charge in [0.2, 0.25) is 0 Å². The third kappa shape index (κ3) is 9.28. The number of carbonyl (C=O) groups is 1. The smallest absolute Gasteiger partial charge is 0.411 e. The highest BCUT2D eigenvalue weighted by molar-refractivity contribution is 5.84. The van der Waals surface area contributed by atoms with Crippen molar-refractivity contribution in [3.8, 4) is 0 Å². The van der Waals surface area contributed by atoms with Crippen LogP contribution in [0.4, 0.5) is 10.5 Å². The third-order valence-corrected chi connectivity index (χ3v) is 4.46. The van der Waals surface area contributed by atoms with E-state index < -0.39 is 6.09 Å². The summed E-state index contributed by atoms with van der Waals surface area (Å²) in [5.74, 6) is 0.794. The third-order valence-electron chi connectivity index (χ3n) is 4.46. The summed E-state index contributed by atoms with van der Waals surface area (Å²) in [6.07, 6.45) is 1.80. The number of nitrogens with zero attached hydrogens (tertiary/aromatic N) is 2. The molecule has 1 unspecified atom stereocenters. The van der Waals surface area contributed by atoms with Crippen molar-refractivity contribution in [3.05, 3.63) is 29.8 Å². The summed E-state index contributed by atoms with van der Waals surface area (Å²) in [5.41, 5.74) is 1.80. The Morgan fingerprint density at radius 3 is 2.44 bits per heavy atom. The van der Waals surface area contributed by atoms with Crippen molar-refractivity contribution in [1.29, 1.82) is 0 Å². The van der Waals surface area contributed by atoms with Gasteiger partial charge in [0.15, 0.2) is 5.96 Å². The molecular formula is C20H35N5O2. The van der Waals surface area contributed by atoms with Crippen LogP contribution in [0.15, 0.2) is 29.3 Å². The Bertz CT molecular complexity index is 570. The Morgan fingerprint density at radius 2 is 1.89 bits per heavy atom. The van der Waals surface area contributed by atoms with E-state index in [9.17, 15) is 4.79 Å². The second kappa shape index (κ2) is 13.0. The summed E-state index contributed by atoms with van der Waals surface area (Å²) in [4.78, 5) is 17.9. The summed E-state index contributed by atoms with van der Waals surface area (Å²) in [5, 5.41) is 9.40. The molecule has 0 spiro atoms. The number of ether oxygens (including phenoxy) is 1. The molecule has 152 valence electrons. The van der Waals surface area contributed by atoms with E-state index in [-0.39, 0.29) is 0 Å². The molecule has 0 radical (unpaired) electrons. The standard InChI is InChI=1S/C20H35N5O2/c1-6-25(7-2)14-8-9-16(3)23-19(21-4)22-15-17-10-12-18(13-11-17)24-20(26)27-5/h10-13,16H,6-9,14-15H2,1-5H3,(H,24,26)(H2,21,22,23). The highest BCUT2D eigenvalue weighted by Crippen LogP contribution is 2.09. The molecule has 0 aliphatic rings. The Balaban J connectivity index is 2.37. The zero-order chi connectivity index (χ0) is 20.1. The number of hydrogen-bond acceptors (Lipinski definition) is 4. The fraction of sp³-hybridized carbons (Fsp3) is 0.600. The van der Waals surface area contributed by atoms with Crippen LogP contribution in [0.5, 0.6) is 0 Å². The first kappa shape index (κ1) is 22.8. The van der Waals surface area contributed by atoms with Crippen LogP contribution < -0.4 is 16.0 Å². The lowest BCUT2D eigenvalue weighted by Gasteiger charge is -2.21. The number of carbonyl (C=O) groups excluding carboxylic acids is 1. The second-order valence-corrected chi connectivity index (χ2v) is 6.45. The van der Waals surface area contributed by atoms with Gasteiger partial charge in [0.05, 0.1) is 7.11 Å². The predicted octanol–water partition coefficient (Wildman–Crippen LogP) is 3.04. The zero-order valence-electron chi connectivity index (χ0n) is 17.3. The van der Waals surface area contributed by atoms with Crippen molar-refractivity contribution >= 4 is 17.7 Å². The number of benzene rings is 1. The predicted molar refractivity (Wildman–Crippen MR) is 112 cm³/mol. The van der Waals surface area contributed by atoms with Gasteiger partial charge in [0.25, 0.3) is 0 Å². The molecule has 1 atom stereocenters. The molecule has 1 amide bonds. The molecule has 0 saturated carbocycles. The summed E-state index contributed by atoms with van der Waals surface area (Å²) in [6, 6.07) is 7.97. The molecule has 0 fully saturated rings. The lowest BCUT2D eigenvalue weighted by atomic mass is 10.1. The van der Waals surface area contributed by atoms with Gasteiger partial charge in [-0.1, -0.05) is 26.0 Å². The van der Waals surface area contributed by atoms with Crippen LogP contribution in [0.2, 0.25) is 0 Å². The number of hydrogen-bond donors (Lipinski definition) is 3. The largest absolute Gasteiger partial charge is 0.453 e. The molecule has 27 heavy (non-hydrogen) atoms. The van der Waals surface area contributed by atoms with E-state index in [4.69, 9.17) is 0 Å². The number of nitrogens with one attached hydrogen (secondary N) is 3. The quantitative estimate of drug-likeness (QED) is 0.431. The van der Waals surface area contributed by atoms with Crippen molar-refractivity contribution in [2.24, 2.45) is 4.99 Å². The number of guanidine groups is 1. The Kier molecular flexibility index (Phi) is 10.9. The van der Waals surface area contributed by atoms with Gasteiger partial charge < -0.3 is 20.3 Å². The molecule has 1 rings (SSSR count). The lowest BCUT2D eigenvalue weighted by molar-refractivity contribution is 0.187. The van der Waals surface area contributed by atoms with E-state index in [0.717, 1.165) is 37.6 Å². The monoisotopic (exact) mass is 377 g/mol. The average Bonchev–Trinajstić information content (AvgIpc) is 2.69. The lowest BCUT2D eigenvalue weighted by Crippen LogP contribution is -2.42. The number of aliphatic imine (C=N–C) groups is 1. The molecule has 0 aliphatic heterocycles. The maximum Gasteiger partial charge on any atom is 0.411 e. The highest BCUT2D eigenvalue weighted by atomic mass is 16.5. The molecule has 0 bridgehead atoms. The van der Waals surface area contributed by atoms with Crippen LogP contribution >= 0.6 is 0 Å². The van der Waals surface area contributed by atoms with Crippen LogP contribution in [0.1, 0.15) is 39.2 Å². The summed E-state index contributed by atoms with van der Waals surface area (Å²) in [7, 11) is 3.12. The number of rotatable bonds is 10. The Hall–Kier alpha value is -2.28. The van der Waals surface area contributed by atoms with Crippen molar-refractivity contribution in [1.82, 2.24) is 15.5 Å². The van der Waals surface area contributed by atoms with Crippen LogP contribution in [-0.4, -0.2) is 56.8 Å². The van der Waals surface area contributed by atoms with Crippen molar-refractivity contribution < 1.29 is 9.53 Å². The van der Waals surface area contributed by atoms with Gasteiger partial charge in [0, 0.05) is 25.3 Å². The van der Waals surface area contributed by atoms with E-state index >= 15 is 0 Å². The molecule has 7 nitrogen and oxygen atoms in total. The SMILES string of the molecule is CCN(CC)CCCC(C)NC(=NC)NCc1ccc(NC(=O)OC)cc1. The van der Waals surface area contributed by atoms with Gasteiger partial charge in [-0.25, -0.2) is 4.79 Å². The first-order valence-corrected chi connectivity index (χ1v) is 9.65. The number of amides is 1. The normalized spacial score (nSPS) is 12.6. The Morgan fingerprint density at radius 1 is 1.22 bits per heavy atom. The van der Waals surface area contributed by atoms with Gasteiger partial charge in [-0.3, -0.25) is 10.3 Å². The molecule has 1 aromatic carbocycles. The minimum atomic E-state index is -0.472. The first-order chi connectivity index (χ1) is 13.0. The first-order valence-electron chi connectivity index (χ1n) is 9.65. The summed E-state index contributed by atoms with van der Waals surface area (Å²) in [6.45, 7) is 10.6. The minimum Gasteiger partial charge on any atom is -0.453 e. The van der Waals surface area contributed by atoms with E-state index in [1.165, 1.54) is 13.5 Å². The van der Waals surface area contributed by atoms with Crippen LogP contribution in [0, 0.1) is 0 Å². The summed E-state index contributed by atoms with van der Waals surface area (Å²) < 4.78 is 4.58. The van der Waals surface area contributed by atoms with E-state index in [1.54, 1.807) is 7.05 Å². The Labute approximate surface area is 163 Å². The molecule has 1 aromatic rings. The second-order valence-electron chi connectivity index (χ2n) is 6.45. The maximum atomic E-state index is 11.2. The molecular weight excluding hydrogens is 342 g/mol. The highest BCUT2D eigenvalue weighted by Gasteiger charge is 2.07. The summed E-state index contributed by atoms with van der Waals surface area (Å²) >= 11 is 0. The fourth-order valence-corrected chi connectivity index (χ4v) is 2.72. The molecule has 0 heterocycles. The molecule has 7 heteroatoms. The van der Waals surface area contributed by atoms with Crippen LogP contribution in [-0.2, 0) is 11.3 Å². The average molecular weight is 378 g/mol. The molecule has 0 aliphatic carbocycles. The van der Waals surface area contributed by atoms with Crippen molar-refractivity contribution in [3.63, 3.8) is 0 Å². The zero-order valence-corrected chi connectivity index (χ0v) is 17.3. The van der Waals surface area contributed by atoms with Gasteiger partial charge in [0.1, 0.15) is 0 Å². The van der Waals surface area contributed by atoms with Gasteiger partial charge >= 0.3 is 6.09 Å². The number of anilines is 1. The topological polar surface area (TPSA) is 78.0 Å². The molecule has 0 aromatic heterocycles. The van der Waals surface area contributed by atoms with Crippen molar-refractivity contribution in [2.75, 3.05) is 39.1 Å². The van der Waals surface area contributed by atoms with Crippen LogP contribution in [0.25, 0.3) is 0 Å². The molecule has 0 saturated heterocycles. The van der Waals surface area contributed by atoms with E-state index in [1.807, 2.05) is 24.3 Å².